The molecule has 0 aliphatic carbocycles. The van der Waals surface area contributed by atoms with E-state index in [1.165, 1.54) is 0 Å². The van der Waals surface area contributed by atoms with Crippen molar-refractivity contribution in [2.45, 2.75) is 19.6 Å². The van der Waals surface area contributed by atoms with E-state index in [0.29, 0.717) is 17.7 Å². The van der Waals surface area contributed by atoms with E-state index in [1.807, 2.05) is 0 Å². The Hall–Kier alpha value is -1.43. The van der Waals surface area contributed by atoms with Crippen molar-refractivity contribution in [1.82, 2.24) is 0 Å². The van der Waals surface area contributed by atoms with Crippen molar-refractivity contribution in [2.24, 2.45) is 17.2 Å². The predicted octanol–water partition coefficient (Wildman–Crippen LogP) is -0.239. The highest BCUT2D eigenvalue weighted by atomic mass is 16.4. The molecule has 0 aliphatic rings. The zero-order valence-electron chi connectivity index (χ0n) is 8.36. The fraction of sp³-hybridized carbons (Fsp3) is 0.300. The number of carboxylic acids is 1. The van der Waals surface area contributed by atoms with Crippen LogP contribution >= 0.6 is 0 Å². The molecule has 1 aromatic rings. The van der Waals surface area contributed by atoms with Gasteiger partial charge in [-0.25, -0.2) is 4.79 Å². The Balaban J connectivity index is 3.39. The van der Waals surface area contributed by atoms with E-state index < -0.39 is 5.97 Å². The van der Waals surface area contributed by atoms with E-state index in [1.54, 1.807) is 12.1 Å². The van der Waals surface area contributed by atoms with E-state index in [2.05, 4.69) is 0 Å². The highest BCUT2D eigenvalue weighted by molar-refractivity contribution is 5.91. The Morgan fingerprint density at radius 3 is 1.80 bits per heavy atom. The Labute approximate surface area is 87.9 Å². The maximum atomic E-state index is 11.0. The molecule has 0 heterocycles. The van der Waals surface area contributed by atoms with E-state index in [0.717, 1.165) is 5.56 Å². The molecule has 0 aliphatic heterocycles. The molecule has 5 nitrogen and oxygen atoms in total. The Bertz CT molecular complexity index is 352. The lowest BCUT2D eigenvalue weighted by atomic mass is 9.97. The molecule has 0 radical (unpaired) electrons. The number of carbonyl (C=O) groups is 1. The molecule has 7 N–H and O–H groups in total. The molecule has 0 saturated heterocycles. The normalized spacial score (nSPS) is 10.3. The third kappa shape index (κ3) is 2.33. The molecule has 0 spiro atoms. The fourth-order valence-corrected chi connectivity index (χ4v) is 1.55. The van der Waals surface area contributed by atoms with Gasteiger partial charge in [-0.3, -0.25) is 0 Å². The summed E-state index contributed by atoms with van der Waals surface area (Å²) in [5.41, 5.74) is 18.7. The molecule has 0 amide bonds. The molecule has 15 heavy (non-hydrogen) atoms. The second-order valence-electron chi connectivity index (χ2n) is 3.21. The summed E-state index contributed by atoms with van der Waals surface area (Å²) in [4.78, 5) is 11.0. The van der Waals surface area contributed by atoms with Gasteiger partial charge in [0.1, 0.15) is 0 Å². The topological polar surface area (TPSA) is 115 Å². The van der Waals surface area contributed by atoms with Crippen LogP contribution in [-0.2, 0) is 19.6 Å². The van der Waals surface area contributed by atoms with Crippen LogP contribution in [0.4, 0.5) is 0 Å². The van der Waals surface area contributed by atoms with Gasteiger partial charge in [0.2, 0.25) is 0 Å². The van der Waals surface area contributed by atoms with Crippen LogP contribution in [-0.4, -0.2) is 11.1 Å². The maximum absolute atomic E-state index is 11.0. The number of rotatable bonds is 4. The van der Waals surface area contributed by atoms with Gasteiger partial charge in [0.15, 0.2) is 0 Å². The predicted molar refractivity (Wildman–Crippen MR) is 57.1 cm³/mol. The Morgan fingerprint density at radius 1 is 1.07 bits per heavy atom. The fourth-order valence-electron chi connectivity index (χ4n) is 1.55. The molecule has 0 aromatic heterocycles. The number of carboxylic acid groups (broad SMARTS) is 1. The molecule has 0 atom stereocenters. The van der Waals surface area contributed by atoms with Gasteiger partial charge in [-0.15, -0.1) is 0 Å². The van der Waals surface area contributed by atoms with Gasteiger partial charge in [0, 0.05) is 19.6 Å². The van der Waals surface area contributed by atoms with Crippen molar-refractivity contribution >= 4 is 5.97 Å². The second-order valence-corrected chi connectivity index (χ2v) is 3.21. The first kappa shape index (κ1) is 11.6. The number of benzene rings is 1. The molecular weight excluding hydrogens is 194 g/mol. The third-order valence-electron chi connectivity index (χ3n) is 2.25. The van der Waals surface area contributed by atoms with Crippen LogP contribution in [0.25, 0.3) is 0 Å². The van der Waals surface area contributed by atoms with Gasteiger partial charge in [-0.1, -0.05) is 12.1 Å². The summed E-state index contributed by atoms with van der Waals surface area (Å²) < 4.78 is 0. The maximum Gasteiger partial charge on any atom is 0.336 e. The SMILES string of the molecule is NCc1cc(CN)c(C(=O)O)c(CN)c1. The molecule has 5 heteroatoms. The smallest absolute Gasteiger partial charge is 0.336 e. The lowest BCUT2D eigenvalue weighted by Crippen LogP contribution is -2.14. The lowest BCUT2D eigenvalue weighted by molar-refractivity contribution is 0.0694. The Kier molecular flexibility index (Phi) is 3.79. The van der Waals surface area contributed by atoms with E-state index in [9.17, 15) is 4.79 Å². The first-order chi connectivity index (χ1) is 7.13. The van der Waals surface area contributed by atoms with Crippen LogP contribution in [0.3, 0.4) is 0 Å². The van der Waals surface area contributed by atoms with Crippen molar-refractivity contribution in [1.29, 1.82) is 0 Å². The zero-order chi connectivity index (χ0) is 11.4. The molecule has 1 aromatic carbocycles. The molecule has 0 saturated carbocycles. The van der Waals surface area contributed by atoms with E-state index in [-0.39, 0.29) is 18.7 Å². The monoisotopic (exact) mass is 209 g/mol. The van der Waals surface area contributed by atoms with Gasteiger partial charge < -0.3 is 22.3 Å². The van der Waals surface area contributed by atoms with Gasteiger partial charge in [-0.05, 0) is 16.7 Å². The average molecular weight is 209 g/mol. The number of hydrogen-bond donors (Lipinski definition) is 4. The van der Waals surface area contributed by atoms with E-state index >= 15 is 0 Å². The van der Waals surface area contributed by atoms with Crippen LogP contribution in [0, 0.1) is 0 Å². The molecule has 1 rings (SSSR count). The van der Waals surface area contributed by atoms with E-state index in [4.69, 9.17) is 22.3 Å². The lowest BCUT2D eigenvalue weighted by Gasteiger charge is -2.11. The molecule has 82 valence electrons. The highest BCUT2D eigenvalue weighted by Gasteiger charge is 2.14. The van der Waals surface area contributed by atoms with Gasteiger partial charge >= 0.3 is 5.97 Å². The number of aromatic carboxylic acids is 1. The van der Waals surface area contributed by atoms with Crippen LogP contribution in [0.1, 0.15) is 27.0 Å². The van der Waals surface area contributed by atoms with Crippen LogP contribution in [0.15, 0.2) is 12.1 Å². The third-order valence-corrected chi connectivity index (χ3v) is 2.25. The summed E-state index contributed by atoms with van der Waals surface area (Å²) >= 11 is 0. The second kappa shape index (κ2) is 4.88. The minimum Gasteiger partial charge on any atom is -0.478 e. The van der Waals surface area contributed by atoms with Crippen molar-refractivity contribution in [3.63, 3.8) is 0 Å². The standard InChI is InChI=1S/C10H15N3O2/c11-3-6-1-7(4-12)9(10(14)15)8(2-6)5-13/h1-2H,3-5,11-13H2,(H,14,15). The summed E-state index contributed by atoms with van der Waals surface area (Å²) in [5.74, 6) is -1.00. The van der Waals surface area contributed by atoms with Crippen molar-refractivity contribution < 1.29 is 9.90 Å². The van der Waals surface area contributed by atoms with Crippen LogP contribution in [0.2, 0.25) is 0 Å². The van der Waals surface area contributed by atoms with Crippen molar-refractivity contribution in [3.05, 3.63) is 34.4 Å². The zero-order valence-corrected chi connectivity index (χ0v) is 8.36. The Morgan fingerprint density at radius 2 is 1.53 bits per heavy atom. The first-order valence-corrected chi connectivity index (χ1v) is 4.62. The van der Waals surface area contributed by atoms with Crippen LogP contribution < -0.4 is 17.2 Å². The van der Waals surface area contributed by atoms with Crippen molar-refractivity contribution in [2.75, 3.05) is 0 Å². The highest BCUT2D eigenvalue weighted by Crippen LogP contribution is 2.17. The number of nitrogens with two attached hydrogens (primary N) is 3. The largest absolute Gasteiger partial charge is 0.478 e. The minimum absolute atomic E-state index is 0.169. The molecule has 0 fully saturated rings. The molecule has 0 bridgehead atoms. The summed E-state index contributed by atoms with van der Waals surface area (Å²) in [7, 11) is 0. The van der Waals surface area contributed by atoms with Gasteiger partial charge in [0.05, 0.1) is 5.56 Å². The molecular formula is C10H15N3O2. The summed E-state index contributed by atoms with van der Waals surface area (Å²) in [5, 5.41) is 9.03. The summed E-state index contributed by atoms with van der Waals surface area (Å²) in [6, 6.07) is 3.42. The number of hydrogen-bond acceptors (Lipinski definition) is 4. The molecule has 0 unspecified atom stereocenters. The average Bonchev–Trinajstić information content (AvgIpc) is 2.26. The summed E-state index contributed by atoms with van der Waals surface area (Å²) in [6.45, 7) is 0.685. The van der Waals surface area contributed by atoms with Gasteiger partial charge in [0.25, 0.3) is 0 Å². The quantitative estimate of drug-likeness (QED) is 0.546. The van der Waals surface area contributed by atoms with Gasteiger partial charge in [-0.2, -0.15) is 0 Å². The van der Waals surface area contributed by atoms with Crippen molar-refractivity contribution in [3.8, 4) is 0 Å². The first-order valence-electron chi connectivity index (χ1n) is 4.62. The minimum atomic E-state index is -1.00. The summed E-state index contributed by atoms with van der Waals surface area (Å²) in [6.07, 6.45) is 0. The van der Waals surface area contributed by atoms with Crippen LogP contribution in [0.5, 0.6) is 0 Å².